The third-order valence-electron chi connectivity index (χ3n) is 3.23. The minimum atomic E-state index is -2.56. The lowest BCUT2D eigenvalue weighted by atomic mass is 10.1. The second kappa shape index (κ2) is 6.18. The standard InChI is InChI=1S/C14H18BrF2NO/c1-2-19-13-6-3-5-12(15)11(13)9-18-8-4-7-14(16,17)10-18/h3,5-6H,2,4,7-10H2,1H3. The van der Waals surface area contributed by atoms with Gasteiger partial charge in [-0.1, -0.05) is 22.0 Å². The SMILES string of the molecule is CCOc1cccc(Br)c1CN1CCCC(F)(F)C1. The number of hydrogen-bond acceptors (Lipinski definition) is 2. The second-order valence-electron chi connectivity index (χ2n) is 4.82. The largest absolute Gasteiger partial charge is 0.494 e. The first kappa shape index (κ1) is 14.7. The van der Waals surface area contributed by atoms with Gasteiger partial charge < -0.3 is 4.74 Å². The number of likely N-dealkylation sites (tertiary alicyclic amines) is 1. The molecule has 1 fully saturated rings. The molecule has 0 amide bonds. The smallest absolute Gasteiger partial charge is 0.260 e. The van der Waals surface area contributed by atoms with Gasteiger partial charge in [-0.3, -0.25) is 4.90 Å². The molecule has 1 saturated heterocycles. The van der Waals surface area contributed by atoms with Crippen molar-refractivity contribution in [1.82, 2.24) is 4.90 Å². The first-order valence-electron chi connectivity index (χ1n) is 6.52. The van der Waals surface area contributed by atoms with Gasteiger partial charge in [-0.15, -0.1) is 0 Å². The maximum absolute atomic E-state index is 13.4. The van der Waals surface area contributed by atoms with Gasteiger partial charge in [0.05, 0.1) is 13.2 Å². The van der Waals surface area contributed by atoms with Crippen molar-refractivity contribution < 1.29 is 13.5 Å². The molecule has 0 aliphatic carbocycles. The van der Waals surface area contributed by atoms with Gasteiger partial charge in [0, 0.05) is 23.0 Å². The highest BCUT2D eigenvalue weighted by molar-refractivity contribution is 9.10. The van der Waals surface area contributed by atoms with Gasteiger partial charge in [0.15, 0.2) is 0 Å². The van der Waals surface area contributed by atoms with E-state index in [1.807, 2.05) is 25.1 Å². The number of benzene rings is 1. The predicted octanol–water partition coefficient (Wildman–Crippen LogP) is 4.08. The first-order chi connectivity index (χ1) is 9.02. The lowest BCUT2D eigenvalue weighted by Gasteiger charge is -2.32. The first-order valence-corrected chi connectivity index (χ1v) is 7.31. The molecule has 5 heteroatoms. The van der Waals surface area contributed by atoms with Crippen molar-refractivity contribution in [2.24, 2.45) is 0 Å². The monoisotopic (exact) mass is 333 g/mol. The van der Waals surface area contributed by atoms with E-state index in [2.05, 4.69) is 15.9 Å². The van der Waals surface area contributed by atoms with Gasteiger partial charge in [0.1, 0.15) is 5.75 Å². The Hall–Kier alpha value is -0.680. The highest BCUT2D eigenvalue weighted by Gasteiger charge is 2.35. The fourth-order valence-corrected chi connectivity index (χ4v) is 2.86. The number of rotatable bonds is 4. The van der Waals surface area contributed by atoms with Crippen LogP contribution in [0.3, 0.4) is 0 Å². The van der Waals surface area contributed by atoms with E-state index in [4.69, 9.17) is 4.74 Å². The van der Waals surface area contributed by atoms with Crippen molar-refractivity contribution in [1.29, 1.82) is 0 Å². The van der Waals surface area contributed by atoms with Crippen LogP contribution in [-0.4, -0.2) is 30.5 Å². The van der Waals surface area contributed by atoms with Crippen LogP contribution in [0, 0.1) is 0 Å². The zero-order valence-corrected chi connectivity index (χ0v) is 12.6. The summed E-state index contributed by atoms with van der Waals surface area (Å²) in [6, 6.07) is 5.69. The molecule has 2 nitrogen and oxygen atoms in total. The Kier molecular flexibility index (Phi) is 4.79. The molecule has 0 aromatic heterocycles. The van der Waals surface area contributed by atoms with E-state index in [0.29, 0.717) is 26.1 Å². The molecule has 0 saturated carbocycles. The molecule has 1 heterocycles. The maximum atomic E-state index is 13.4. The number of hydrogen-bond donors (Lipinski definition) is 0. The minimum Gasteiger partial charge on any atom is -0.494 e. The Morgan fingerprint density at radius 2 is 2.21 bits per heavy atom. The predicted molar refractivity (Wildman–Crippen MR) is 74.8 cm³/mol. The molecule has 1 aromatic rings. The van der Waals surface area contributed by atoms with E-state index in [0.717, 1.165) is 15.8 Å². The van der Waals surface area contributed by atoms with Crippen molar-refractivity contribution in [3.05, 3.63) is 28.2 Å². The van der Waals surface area contributed by atoms with Crippen LogP contribution in [0.15, 0.2) is 22.7 Å². The Morgan fingerprint density at radius 1 is 1.42 bits per heavy atom. The van der Waals surface area contributed by atoms with E-state index in [-0.39, 0.29) is 13.0 Å². The van der Waals surface area contributed by atoms with E-state index in [9.17, 15) is 8.78 Å². The molecular formula is C14H18BrF2NO. The van der Waals surface area contributed by atoms with Gasteiger partial charge >= 0.3 is 0 Å². The van der Waals surface area contributed by atoms with Crippen LogP contribution in [0.1, 0.15) is 25.3 Å². The van der Waals surface area contributed by atoms with Crippen LogP contribution in [0.4, 0.5) is 8.78 Å². The van der Waals surface area contributed by atoms with Crippen LogP contribution in [0.5, 0.6) is 5.75 Å². The summed E-state index contributed by atoms with van der Waals surface area (Å²) in [5, 5.41) is 0. The molecule has 0 radical (unpaired) electrons. The van der Waals surface area contributed by atoms with Gasteiger partial charge in [0.2, 0.25) is 0 Å². The Labute approximate surface area is 120 Å². The topological polar surface area (TPSA) is 12.5 Å². The summed E-state index contributed by atoms with van der Waals surface area (Å²) in [6.07, 6.45) is 0.541. The molecule has 19 heavy (non-hydrogen) atoms. The summed E-state index contributed by atoms with van der Waals surface area (Å²) in [7, 11) is 0. The third-order valence-corrected chi connectivity index (χ3v) is 3.97. The van der Waals surface area contributed by atoms with E-state index in [1.165, 1.54) is 0 Å². The van der Waals surface area contributed by atoms with Gasteiger partial charge in [-0.25, -0.2) is 8.78 Å². The van der Waals surface area contributed by atoms with E-state index in [1.54, 1.807) is 4.90 Å². The van der Waals surface area contributed by atoms with Gasteiger partial charge in [0.25, 0.3) is 5.92 Å². The van der Waals surface area contributed by atoms with Crippen LogP contribution in [-0.2, 0) is 6.54 Å². The van der Waals surface area contributed by atoms with Gasteiger partial charge in [-0.05, 0) is 32.0 Å². The highest BCUT2D eigenvalue weighted by atomic mass is 79.9. The summed E-state index contributed by atoms with van der Waals surface area (Å²) in [5.74, 6) is -1.79. The molecule has 1 aliphatic heterocycles. The molecule has 0 N–H and O–H groups in total. The van der Waals surface area contributed by atoms with Crippen LogP contribution >= 0.6 is 15.9 Å². The fraction of sp³-hybridized carbons (Fsp3) is 0.571. The van der Waals surface area contributed by atoms with Crippen molar-refractivity contribution in [3.8, 4) is 5.75 Å². The lowest BCUT2D eigenvalue weighted by molar-refractivity contribution is -0.0662. The minimum absolute atomic E-state index is 0.00221. The molecule has 0 unspecified atom stereocenters. The number of halogens is 3. The maximum Gasteiger partial charge on any atom is 0.260 e. The lowest BCUT2D eigenvalue weighted by Crippen LogP contribution is -2.42. The average molecular weight is 334 g/mol. The van der Waals surface area contributed by atoms with Crippen molar-refractivity contribution in [3.63, 3.8) is 0 Å². The fourth-order valence-electron chi connectivity index (χ4n) is 2.39. The summed E-state index contributed by atoms with van der Waals surface area (Å²) in [4.78, 5) is 1.80. The van der Waals surface area contributed by atoms with E-state index >= 15 is 0 Å². The quantitative estimate of drug-likeness (QED) is 0.823. The third kappa shape index (κ3) is 3.89. The van der Waals surface area contributed by atoms with Gasteiger partial charge in [-0.2, -0.15) is 0 Å². The summed E-state index contributed by atoms with van der Waals surface area (Å²) < 4.78 is 33.3. The second-order valence-corrected chi connectivity index (χ2v) is 5.67. The molecule has 0 spiro atoms. The van der Waals surface area contributed by atoms with E-state index < -0.39 is 5.92 Å². The highest BCUT2D eigenvalue weighted by Crippen LogP contribution is 2.32. The van der Waals surface area contributed by atoms with Crippen molar-refractivity contribution in [2.75, 3.05) is 19.7 Å². The number of piperidine rings is 1. The van der Waals surface area contributed by atoms with Crippen molar-refractivity contribution >= 4 is 15.9 Å². The van der Waals surface area contributed by atoms with Crippen LogP contribution in [0.25, 0.3) is 0 Å². The molecule has 1 aromatic carbocycles. The molecule has 106 valence electrons. The average Bonchev–Trinajstić information content (AvgIpc) is 2.33. The van der Waals surface area contributed by atoms with Crippen molar-refractivity contribution in [2.45, 2.75) is 32.2 Å². The number of alkyl halides is 2. The Morgan fingerprint density at radius 3 is 2.89 bits per heavy atom. The zero-order chi connectivity index (χ0) is 13.9. The Balaban J connectivity index is 2.14. The number of ether oxygens (including phenoxy) is 1. The number of nitrogens with zero attached hydrogens (tertiary/aromatic N) is 1. The normalized spacial score (nSPS) is 19.4. The van der Waals surface area contributed by atoms with Crippen LogP contribution in [0.2, 0.25) is 0 Å². The summed E-state index contributed by atoms with van der Waals surface area (Å²) in [6.45, 7) is 3.52. The molecular weight excluding hydrogens is 316 g/mol. The molecule has 0 bridgehead atoms. The summed E-state index contributed by atoms with van der Waals surface area (Å²) >= 11 is 3.48. The molecule has 1 aliphatic rings. The molecule has 0 atom stereocenters. The van der Waals surface area contributed by atoms with Crippen LogP contribution < -0.4 is 4.74 Å². The molecule has 2 rings (SSSR count). The Bertz CT molecular complexity index is 439. The zero-order valence-electron chi connectivity index (χ0n) is 11.0. The summed E-state index contributed by atoms with van der Waals surface area (Å²) in [5.41, 5.74) is 0.946.